The molecule has 2 aromatic carbocycles. The second-order valence-electron chi connectivity index (χ2n) is 4.18. The SMILES string of the molecule is COc1cc(Br)ccc1C(Br)Cc1ccc(F)cc1. The molecule has 2 rings (SSSR count). The van der Waals surface area contributed by atoms with Crippen molar-refractivity contribution in [2.45, 2.75) is 11.2 Å². The van der Waals surface area contributed by atoms with E-state index in [1.54, 1.807) is 19.2 Å². The Morgan fingerprint density at radius 1 is 1.16 bits per heavy atom. The van der Waals surface area contributed by atoms with Gasteiger partial charge in [-0.15, -0.1) is 0 Å². The van der Waals surface area contributed by atoms with Crippen molar-refractivity contribution in [2.24, 2.45) is 0 Å². The van der Waals surface area contributed by atoms with Gasteiger partial charge < -0.3 is 4.74 Å². The molecule has 0 spiro atoms. The van der Waals surface area contributed by atoms with Gasteiger partial charge in [0.1, 0.15) is 11.6 Å². The Bertz CT molecular complexity index is 555. The summed E-state index contributed by atoms with van der Waals surface area (Å²) in [4.78, 5) is 0.126. The zero-order chi connectivity index (χ0) is 13.8. The van der Waals surface area contributed by atoms with E-state index in [0.717, 1.165) is 27.8 Å². The van der Waals surface area contributed by atoms with Gasteiger partial charge in [-0.2, -0.15) is 0 Å². The molecule has 100 valence electrons. The standard InChI is InChI=1S/C15H13Br2FO/c1-19-15-9-11(16)4-7-13(15)14(17)8-10-2-5-12(18)6-3-10/h2-7,9,14H,8H2,1H3. The number of alkyl halides is 1. The van der Waals surface area contributed by atoms with Crippen LogP contribution in [-0.2, 0) is 6.42 Å². The Labute approximate surface area is 129 Å². The topological polar surface area (TPSA) is 9.23 Å². The lowest BCUT2D eigenvalue weighted by atomic mass is 10.0. The van der Waals surface area contributed by atoms with E-state index in [0.29, 0.717) is 0 Å². The van der Waals surface area contributed by atoms with Gasteiger partial charge in [-0.3, -0.25) is 0 Å². The monoisotopic (exact) mass is 386 g/mol. The Morgan fingerprint density at radius 3 is 2.47 bits per heavy atom. The van der Waals surface area contributed by atoms with Crippen LogP contribution in [0.5, 0.6) is 5.75 Å². The first-order chi connectivity index (χ1) is 9.10. The van der Waals surface area contributed by atoms with Gasteiger partial charge in [0.2, 0.25) is 0 Å². The molecule has 0 amide bonds. The van der Waals surface area contributed by atoms with Crippen LogP contribution in [0.1, 0.15) is 16.0 Å². The maximum absolute atomic E-state index is 12.9. The van der Waals surface area contributed by atoms with E-state index in [2.05, 4.69) is 31.9 Å². The molecule has 0 heterocycles. The van der Waals surface area contributed by atoms with Crippen molar-refractivity contribution in [2.75, 3.05) is 7.11 Å². The fraction of sp³-hybridized carbons (Fsp3) is 0.200. The molecule has 1 atom stereocenters. The zero-order valence-electron chi connectivity index (χ0n) is 10.4. The molecule has 0 aromatic heterocycles. The van der Waals surface area contributed by atoms with E-state index in [-0.39, 0.29) is 10.6 Å². The van der Waals surface area contributed by atoms with Gasteiger partial charge in [-0.05, 0) is 36.2 Å². The first-order valence-corrected chi connectivity index (χ1v) is 7.53. The van der Waals surface area contributed by atoms with E-state index in [4.69, 9.17) is 4.74 Å². The Balaban J connectivity index is 2.19. The number of rotatable bonds is 4. The molecule has 0 saturated heterocycles. The molecule has 0 N–H and O–H groups in total. The zero-order valence-corrected chi connectivity index (χ0v) is 13.5. The maximum atomic E-state index is 12.9. The predicted octanol–water partition coefficient (Wildman–Crippen LogP) is 5.28. The van der Waals surface area contributed by atoms with Gasteiger partial charge in [-0.25, -0.2) is 4.39 Å². The number of halogens is 3. The van der Waals surface area contributed by atoms with Crippen molar-refractivity contribution in [3.63, 3.8) is 0 Å². The first-order valence-electron chi connectivity index (χ1n) is 5.82. The lowest BCUT2D eigenvalue weighted by Crippen LogP contribution is -1.99. The summed E-state index contributed by atoms with van der Waals surface area (Å²) in [6, 6.07) is 12.5. The summed E-state index contributed by atoms with van der Waals surface area (Å²) in [6.45, 7) is 0. The second kappa shape index (κ2) is 6.53. The third kappa shape index (κ3) is 3.80. The van der Waals surface area contributed by atoms with Crippen molar-refractivity contribution >= 4 is 31.9 Å². The molecule has 19 heavy (non-hydrogen) atoms. The van der Waals surface area contributed by atoms with Gasteiger partial charge in [0.15, 0.2) is 0 Å². The summed E-state index contributed by atoms with van der Waals surface area (Å²) >= 11 is 7.09. The maximum Gasteiger partial charge on any atom is 0.124 e. The summed E-state index contributed by atoms with van der Waals surface area (Å²) in [6.07, 6.45) is 0.776. The average molecular weight is 388 g/mol. The molecule has 0 radical (unpaired) electrons. The van der Waals surface area contributed by atoms with Gasteiger partial charge in [-0.1, -0.05) is 50.1 Å². The fourth-order valence-electron chi connectivity index (χ4n) is 1.88. The van der Waals surface area contributed by atoms with Crippen LogP contribution in [0, 0.1) is 5.82 Å². The number of hydrogen-bond donors (Lipinski definition) is 0. The predicted molar refractivity (Wildman–Crippen MR) is 82.5 cm³/mol. The molecule has 0 aliphatic rings. The lowest BCUT2D eigenvalue weighted by molar-refractivity contribution is 0.409. The highest BCUT2D eigenvalue weighted by molar-refractivity contribution is 9.10. The van der Waals surface area contributed by atoms with Crippen molar-refractivity contribution in [1.29, 1.82) is 0 Å². The summed E-state index contributed by atoms with van der Waals surface area (Å²) in [5.74, 6) is 0.620. The quantitative estimate of drug-likeness (QED) is 0.649. The average Bonchev–Trinajstić information content (AvgIpc) is 2.41. The first kappa shape index (κ1) is 14.5. The highest BCUT2D eigenvalue weighted by Crippen LogP contribution is 2.35. The van der Waals surface area contributed by atoms with Crippen LogP contribution >= 0.6 is 31.9 Å². The van der Waals surface area contributed by atoms with Crippen LogP contribution in [0.2, 0.25) is 0 Å². The molecule has 0 fully saturated rings. The second-order valence-corrected chi connectivity index (χ2v) is 6.21. The number of ether oxygens (including phenoxy) is 1. The van der Waals surface area contributed by atoms with Crippen molar-refractivity contribution in [1.82, 2.24) is 0 Å². The third-order valence-corrected chi connectivity index (χ3v) is 4.17. The van der Waals surface area contributed by atoms with E-state index in [1.165, 1.54) is 12.1 Å². The molecule has 0 bridgehead atoms. The molecule has 1 nitrogen and oxygen atoms in total. The molecule has 0 aliphatic heterocycles. The van der Waals surface area contributed by atoms with Crippen LogP contribution in [-0.4, -0.2) is 7.11 Å². The minimum absolute atomic E-state index is 0.126. The smallest absolute Gasteiger partial charge is 0.124 e. The van der Waals surface area contributed by atoms with Gasteiger partial charge in [0.05, 0.1) is 7.11 Å². The van der Waals surface area contributed by atoms with Crippen LogP contribution in [0.3, 0.4) is 0 Å². The Kier molecular flexibility index (Phi) is 4.99. The van der Waals surface area contributed by atoms with E-state index in [1.807, 2.05) is 18.2 Å². The molecule has 0 saturated carbocycles. The normalized spacial score (nSPS) is 12.2. The van der Waals surface area contributed by atoms with Crippen LogP contribution in [0.4, 0.5) is 4.39 Å². The lowest BCUT2D eigenvalue weighted by Gasteiger charge is -2.14. The number of methoxy groups -OCH3 is 1. The summed E-state index contributed by atoms with van der Waals surface area (Å²) in [5.41, 5.74) is 2.16. The molecular formula is C15H13Br2FO. The van der Waals surface area contributed by atoms with Crippen molar-refractivity contribution in [3.8, 4) is 5.75 Å². The van der Waals surface area contributed by atoms with Gasteiger partial charge in [0.25, 0.3) is 0 Å². The Hall–Kier alpha value is -0.870. The largest absolute Gasteiger partial charge is 0.496 e. The summed E-state index contributed by atoms with van der Waals surface area (Å²) in [5, 5.41) is 0. The van der Waals surface area contributed by atoms with E-state index >= 15 is 0 Å². The molecule has 4 heteroatoms. The van der Waals surface area contributed by atoms with Crippen LogP contribution in [0.15, 0.2) is 46.9 Å². The molecule has 1 unspecified atom stereocenters. The minimum atomic E-state index is -0.212. The molecule has 0 aliphatic carbocycles. The minimum Gasteiger partial charge on any atom is -0.496 e. The highest BCUT2D eigenvalue weighted by Gasteiger charge is 2.14. The molecular weight excluding hydrogens is 375 g/mol. The highest BCUT2D eigenvalue weighted by atomic mass is 79.9. The van der Waals surface area contributed by atoms with E-state index in [9.17, 15) is 4.39 Å². The Morgan fingerprint density at radius 2 is 1.84 bits per heavy atom. The van der Waals surface area contributed by atoms with Gasteiger partial charge >= 0.3 is 0 Å². The molecule has 2 aromatic rings. The van der Waals surface area contributed by atoms with Crippen LogP contribution in [0.25, 0.3) is 0 Å². The summed E-state index contributed by atoms with van der Waals surface area (Å²) < 4.78 is 19.2. The van der Waals surface area contributed by atoms with Gasteiger partial charge in [0, 0.05) is 14.9 Å². The third-order valence-electron chi connectivity index (χ3n) is 2.86. The van der Waals surface area contributed by atoms with Crippen LogP contribution < -0.4 is 4.74 Å². The fourth-order valence-corrected chi connectivity index (χ4v) is 2.97. The van der Waals surface area contributed by atoms with Crippen molar-refractivity contribution < 1.29 is 9.13 Å². The summed E-state index contributed by atoms with van der Waals surface area (Å²) in [7, 11) is 1.66. The number of benzene rings is 2. The van der Waals surface area contributed by atoms with E-state index < -0.39 is 0 Å². The number of hydrogen-bond acceptors (Lipinski definition) is 1. The van der Waals surface area contributed by atoms with Crippen molar-refractivity contribution in [3.05, 3.63) is 63.9 Å².